The maximum Gasteiger partial charge on any atom is 0.0314 e. The van der Waals surface area contributed by atoms with Crippen LogP contribution in [0.4, 0.5) is 0 Å². The molecule has 1 aromatic heterocycles. The second-order valence-electron chi connectivity index (χ2n) is 5.61. The van der Waals surface area contributed by atoms with Crippen molar-refractivity contribution in [2.75, 3.05) is 6.54 Å². The van der Waals surface area contributed by atoms with Crippen molar-refractivity contribution in [1.82, 2.24) is 5.32 Å². The van der Waals surface area contributed by atoms with Gasteiger partial charge < -0.3 is 5.32 Å². The van der Waals surface area contributed by atoms with E-state index in [0.717, 1.165) is 0 Å². The normalized spacial score (nSPS) is 19.1. The number of thiophene rings is 1. The van der Waals surface area contributed by atoms with Gasteiger partial charge in [-0.05, 0) is 52.1 Å². The molecule has 0 aliphatic heterocycles. The second kappa shape index (κ2) is 5.85. The Morgan fingerprint density at radius 3 is 2.65 bits per heavy atom. The van der Waals surface area contributed by atoms with Crippen molar-refractivity contribution in [2.45, 2.75) is 52.0 Å². The zero-order valence-electron chi connectivity index (χ0n) is 10.8. The highest BCUT2D eigenvalue weighted by atomic mass is 79.9. The summed E-state index contributed by atoms with van der Waals surface area (Å²) in [7, 11) is 0. The Morgan fingerprint density at radius 2 is 2.12 bits per heavy atom. The molecule has 1 aliphatic rings. The Morgan fingerprint density at radius 1 is 1.41 bits per heavy atom. The lowest BCUT2D eigenvalue weighted by molar-refractivity contribution is 0.270. The van der Waals surface area contributed by atoms with E-state index < -0.39 is 0 Å². The molecule has 1 fully saturated rings. The molecular formula is C14H22BrNS. The smallest absolute Gasteiger partial charge is 0.0314 e. The van der Waals surface area contributed by atoms with Gasteiger partial charge in [-0.15, -0.1) is 11.3 Å². The van der Waals surface area contributed by atoms with Crippen LogP contribution >= 0.6 is 27.3 Å². The van der Waals surface area contributed by atoms with Crippen LogP contribution in [0.15, 0.2) is 15.9 Å². The van der Waals surface area contributed by atoms with E-state index in [9.17, 15) is 0 Å². The van der Waals surface area contributed by atoms with E-state index in [4.69, 9.17) is 0 Å². The largest absolute Gasteiger partial charge is 0.314 e. The summed E-state index contributed by atoms with van der Waals surface area (Å²) < 4.78 is 1.30. The van der Waals surface area contributed by atoms with Crippen molar-refractivity contribution in [3.05, 3.63) is 20.8 Å². The van der Waals surface area contributed by atoms with Gasteiger partial charge in [0.25, 0.3) is 0 Å². The quantitative estimate of drug-likeness (QED) is 0.836. The molecule has 0 spiro atoms. The van der Waals surface area contributed by atoms with Gasteiger partial charge in [-0.25, -0.2) is 0 Å². The zero-order valence-corrected chi connectivity index (χ0v) is 13.2. The Bertz CT molecular complexity index is 353. The molecule has 2 rings (SSSR count). The summed E-state index contributed by atoms with van der Waals surface area (Å²) in [6.45, 7) is 5.66. The van der Waals surface area contributed by atoms with E-state index in [2.05, 4.69) is 46.5 Å². The fourth-order valence-electron chi connectivity index (χ4n) is 2.75. The molecule has 1 saturated carbocycles. The van der Waals surface area contributed by atoms with Crippen molar-refractivity contribution >= 4 is 27.3 Å². The van der Waals surface area contributed by atoms with Crippen LogP contribution in [0, 0.1) is 5.41 Å². The van der Waals surface area contributed by atoms with E-state index in [1.54, 1.807) is 0 Å². The number of hydrogen-bond acceptors (Lipinski definition) is 2. The number of rotatable bonds is 5. The zero-order chi connectivity index (χ0) is 12.3. The molecule has 0 saturated heterocycles. The monoisotopic (exact) mass is 315 g/mol. The maximum atomic E-state index is 3.67. The average Bonchev–Trinajstić information content (AvgIpc) is 2.88. The van der Waals surface area contributed by atoms with Crippen LogP contribution in [-0.2, 0) is 6.42 Å². The molecule has 1 N–H and O–H groups in total. The third kappa shape index (κ3) is 3.55. The van der Waals surface area contributed by atoms with Crippen LogP contribution in [0.5, 0.6) is 0 Å². The van der Waals surface area contributed by atoms with Crippen LogP contribution in [0.25, 0.3) is 0 Å². The van der Waals surface area contributed by atoms with Gasteiger partial charge in [0, 0.05) is 21.9 Å². The Hall–Kier alpha value is 0.140. The molecule has 17 heavy (non-hydrogen) atoms. The van der Waals surface area contributed by atoms with Crippen LogP contribution in [0.3, 0.4) is 0 Å². The van der Waals surface area contributed by atoms with Gasteiger partial charge >= 0.3 is 0 Å². The van der Waals surface area contributed by atoms with Crippen LogP contribution in [-0.4, -0.2) is 12.6 Å². The van der Waals surface area contributed by atoms with Gasteiger partial charge in [-0.2, -0.15) is 0 Å². The standard InChI is InChI=1S/C14H22BrNS/c1-11(2)16-10-14(6-3-4-7-14)9-13-12(15)5-8-17-13/h5,8,11,16H,3-4,6-7,9-10H2,1-2H3. The second-order valence-corrected chi connectivity index (χ2v) is 7.47. The summed E-state index contributed by atoms with van der Waals surface area (Å²) in [4.78, 5) is 1.53. The summed E-state index contributed by atoms with van der Waals surface area (Å²) >= 11 is 5.56. The highest BCUT2D eigenvalue weighted by molar-refractivity contribution is 9.10. The summed E-state index contributed by atoms with van der Waals surface area (Å²) in [6.07, 6.45) is 6.82. The van der Waals surface area contributed by atoms with E-state index in [1.807, 2.05) is 11.3 Å². The van der Waals surface area contributed by atoms with E-state index >= 15 is 0 Å². The number of nitrogens with one attached hydrogen (secondary N) is 1. The molecule has 0 aromatic carbocycles. The predicted octanol–water partition coefficient (Wildman–Crippen LogP) is 4.61. The lowest BCUT2D eigenvalue weighted by Gasteiger charge is -2.30. The topological polar surface area (TPSA) is 12.0 Å². The first-order valence-corrected chi connectivity index (χ1v) is 8.24. The van der Waals surface area contributed by atoms with Crippen LogP contribution in [0.2, 0.25) is 0 Å². The molecular weight excluding hydrogens is 294 g/mol. The molecule has 3 heteroatoms. The molecule has 96 valence electrons. The minimum Gasteiger partial charge on any atom is -0.314 e. The first-order chi connectivity index (χ1) is 8.11. The van der Waals surface area contributed by atoms with Gasteiger partial charge in [-0.1, -0.05) is 26.7 Å². The van der Waals surface area contributed by atoms with Gasteiger partial charge in [0.1, 0.15) is 0 Å². The first kappa shape index (κ1) is 13.6. The average molecular weight is 316 g/mol. The predicted molar refractivity (Wildman–Crippen MR) is 79.8 cm³/mol. The molecule has 1 nitrogen and oxygen atoms in total. The lowest BCUT2D eigenvalue weighted by atomic mass is 9.82. The molecule has 1 aromatic rings. The molecule has 0 unspecified atom stereocenters. The lowest BCUT2D eigenvalue weighted by Crippen LogP contribution is -2.37. The Kier molecular flexibility index (Phi) is 4.67. The summed E-state index contributed by atoms with van der Waals surface area (Å²) in [5.41, 5.74) is 0.512. The Balaban J connectivity index is 2.04. The highest BCUT2D eigenvalue weighted by Gasteiger charge is 2.34. The minimum atomic E-state index is 0.512. The maximum absolute atomic E-state index is 3.67. The van der Waals surface area contributed by atoms with E-state index in [0.29, 0.717) is 11.5 Å². The van der Waals surface area contributed by atoms with Gasteiger partial charge in [0.15, 0.2) is 0 Å². The SMILES string of the molecule is CC(C)NCC1(Cc2sccc2Br)CCCC1. The Labute approximate surface area is 117 Å². The molecule has 0 bridgehead atoms. The van der Waals surface area contributed by atoms with Gasteiger partial charge in [-0.3, -0.25) is 0 Å². The van der Waals surface area contributed by atoms with Crippen molar-refractivity contribution < 1.29 is 0 Å². The summed E-state index contributed by atoms with van der Waals surface area (Å²) in [5.74, 6) is 0. The fraction of sp³-hybridized carbons (Fsp3) is 0.714. The third-order valence-electron chi connectivity index (χ3n) is 3.78. The minimum absolute atomic E-state index is 0.512. The van der Waals surface area contributed by atoms with Crippen molar-refractivity contribution in [1.29, 1.82) is 0 Å². The molecule has 1 aliphatic carbocycles. The fourth-order valence-corrected chi connectivity index (χ4v) is 4.42. The van der Waals surface area contributed by atoms with Gasteiger partial charge in [0.05, 0.1) is 0 Å². The van der Waals surface area contributed by atoms with Crippen LogP contribution in [0.1, 0.15) is 44.4 Å². The van der Waals surface area contributed by atoms with Crippen LogP contribution < -0.4 is 5.32 Å². The van der Waals surface area contributed by atoms with Gasteiger partial charge in [0.2, 0.25) is 0 Å². The highest BCUT2D eigenvalue weighted by Crippen LogP contribution is 2.42. The number of halogens is 1. The summed E-state index contributed by atoms with van der Waals surface area (Å²) in [6, 6.07) is 2.78. The number of hydrogen-bond donors (Lipinski definition) is 1. The molecule has 0 atom stereocenters. The molecule has 0 amide bonds. The van der Waals surface area contributed by atoms with Crippen molar-refractivity contribution in [3.63, 3.8) is 0 Å². The first-order valence-electron chi connectivity index (χ1n) is 6.57. The molecule has 0 radical (unpaired) electrons. The van der Waals surface area contributed by atoms with E-state index in [1.165, 1.54) is 48.0 Å². The van der Waals surface area contributed by atoms with Crippen molar-refractivity contribution in [3.8, 4) is 0 Å². The summed E-state index contributed by atoms with van der Waals surface area (Å²) in [5, 5.41) is 5.84. The third-order valence-corrected chi connectivity index (χ3v) is 5.70. The molecule has 1 heterocycles. The van der Waals surface area contributed by atoms with E-state index in [-0.39, 0.29) is 0 Å². The van der Waals surface area contributed by atoms with Crippen molar-refractivity contribution in [2.24, 2.45) is 5.41 Å².